The number of nitrogens with zero attached hydrogens (tertiary/aromatic N) is 4. The summed E-state index contributed by atoms with van der Waals surface area (Å²) in [4.78, 5) is 0. The average Bonchev–Trinajstić information content (AvgIpc) is 2.74. The number of allylic oxidation sites excluding steroid dienone is 1. The Morgan fingerprint density at radius 1 is 1.31 bits per heavy atom. The van der Waals surface area contributed by atoms with E-state index >= 15 is 0 Å². The molecule has 1 aromatic rings. The number of nitrogens with one attached hydrogen (secondary N) is 2. The Bertz CT molecular complexity index is 701. The van der Waals surface area contributed by atoms with E-state index in [9.17, 15) is 0 Å². The van der Waals surface area contributed by atoms with Crippen molar-refractivity contribution in [2.75, 3.05) is 25.5 Å². The van der Waals surface area contributed by atoms with Crippen molar-refractivity contribution in [3.63, 3.8) is 0 Å². The molecule has 158 valence electrons. The lowest BCUT2D eigenvalue weighted by Gasteiger charge is -2.23. The van der Waals surface area contributed by atoms with Gasteiger partial charge in [-0.1, -0.05) is 22.9 Å². The normalized spacial score (nSPS) is 14.8. The van der Waals surface area contributed by atoms with Gasteiger partial charge in [-0.25, -0.2) is 0 Å². The fourth-order valence-electron chi connectivity index (χ4n) is 2.67. The highest BCUT2D eigenvalue weighted by atomic mass is 15.5. The number of nitriles is 1. The molecular formula is C23H36N6. The Balaban J connectivity index is 2.57. The Morgan fingerprint density at radius 2 is 2.00 bits per heavy atom. The first-order valence-electron chi connectivity index (χ1n) is 10.3. The maximum absolute atomic E-state index is 8.95. The first kappa shape index (κ1) is 24.4. The molecule has 1 rings (SSSR count). The molecule has 3 unspecified atom stereocenters. The van der Waals surface area contributed by atoms with Crippen LogP contribution in [0.25, 0.3) is 0 Å². The van der Waals surface area contributed by atoms with Gasteiger partial charge in [0, 0.05) is 31.4 Å². The third kappa shape index (κ3) is 9.40. The van der Waals surface area contributed by atoms with Crippen LogP contribution in [0.15, 0.2) is 58.9 Å². The molecule has 1 aromatic carbocycles. The van der Waals surface area contributed by atoms with Crippen LogP contribution in [0.1, 0.15) is 46.1 Å². The molecule has 0 fully saturated rings. The van der Waals surface area contributed by atoms with Gasteiger partial charge >= 0.3 is 0 Å². The van der Waals surface area contributed by atoms with Crippen LogP contribution in [0, 0.1) is 11.3 Å². The van der Waals surface area contributed by atoms with Gasteiger partial charge in [-0.3, -0.25) is 5.01 Å². The van der Waals surface area contributed by atoms with Crippen molar-refractivity contribution in [3.8, 4) is 6.07 Å². The van der Waals surface area contributed by atoms with Crippen LogP contribution in [0.3, 0.4) is 0 Å². The Kier molecular flexibility index (Phi) is 11.4. The molecule has 0 amide bonds. The topological polar surface area (TPSA) is 75.8 Å². The highest BCUT2D eigenvalue weighted by molar-refractivity contribution is 5.49. The van der Waals surface area contributed by atoms with Crippen LogP contribution >= 0.6 is 0 Å². The summed E-state index contributed by atoms with van der Waals surface area (Å²) in [5.41, 5.74) is 2.94. The van der Waals surface area contributed by atoms with Crippen LogP contribution < -0.4 is 10.6 Å². The summed E-state index contributed by atoms with van der Waals surface area (Å²) in [5.74, 6) is 0. The summed E-state index contributed by atoms with van der Waals surface area (Å²) >= 11 is 0. The lowest BCUT2D eigenvalue weighted by Crippen LogP contribution is -2.35. The highest BCUT2D eigenvalue weighted by Crippen LogP contribution is 2.16. The molecule has 6 heteroatoms. The van der Waals surface area contributed by atoms with Gasteiger partial charge in [0.25, 0.3) is 0 Å². The van der Waals surface area contributed by atoms with E-state index in [1.165, 1.54) is 5.57 Å². The van der Waals surface area contributed by atoms with Gasteiger partial charge in [0.1, 0.15) is 0 Å². The minimum atomic E-state index is 0.104. The summed E-state index contributed by atoms with van der Waals surface area (Å²) in [6, 6.07) is 10.3. The molecule has 0 saturated carbocycles. The minimum Gasteiger partial charge on any atom is -0.379 e. The molecule has 0 aliphatic heterocycles. The highest BCUT2D eigenvalue weighted by Gasteiger charge is 2.13. The Hall–Kier alpha value is -2.65. The maximum atomic E-state index is 8.95. The van der Waals surface area contributed by atoms with Gasteiger partial charge in [-0.15, -0.1) is 6.58 Å². The second-order valence-electron chi connectivity index (χ2n) is 7.35. The second kappa shape index (κ2) is 13.5. The first-order valence-corrected chi connectivity index (χ1v) is 10.3. The van der Waals surface area contributed by atoms with Gasteiger partial charge in [0.15, 0.2) is 0 Å². The molecule has 6 nitrogen and oxygen atoms in total. The number of hydrogen-bond donors (Lipinski definition) is 2. The SMILES string of the molecule is C=CCCNC(C)C(C)/N=N\N(C)CCC(Nc1ccc(C#N)cc1)/C(C)=C/C. The third-order valence-corrected chi connectivity index (χ3v) is 5.03. The zero-order chi connectivity index (χ0) is 21.6. The molecule has 0 saturated heterocycles. The molecule has 0 aliphatic rings. The number of hydrogen-bond acceptors (Lipinski definition) is 5. The average molecular weight is 397 g/mol. The van der Waals surface area contributed by atoms with Crippen LogP contribution in [-0.2, 0) is 0 Å². The summed E-state index contributed by atoms with van der Waals surface area (Å²) < 4.78 is 0. The van der Waals surface area contributed by atoms with E-state index in [2.05, 4.69) is 67.4 Å². The Morgan fingerprint density at radius 3 is 2.59 bits per heavy atom. The lowest BCUT2D eigenvalue weighted by molar-refractivity contribution is 0.304. The summed E-state index contributed by atoms with van der Waals surface area (Å²) in [7, 11) is 1.95. The number of rotatable bonds is 13. The van der Waals surface area contributed by atoms with E-state index in [4.69, 9.17) is 5.26 Å². The lowest BCUT2D eigenvalue weighted by atomic mass is 10.0. The van der Waals surface area contributed by atoms with Gasteiger partial charge in [0.05, 0.1) is 17.7 Å². The largest absolute Gasteiger partial charge is 0.379 e. The van der Waals surface area contributed by atoms with Gasteiger partial charge in [-0.2, -0.15) is 10.4 Å². The van der Waals surface area contributed by atoms with Crippen molar-refractivity contribution < 1.29 is 0 Å². The summed E-state index contributed by atoms with van der Waals surface area (Å²) in [6.07, 6.45) is 5.88. The third-order valence-electron chi connectivity index (χ3n) is 5.03. The smallest absolute Gasteiger partial charge is 0.0991 e. The van der Waals surface area contributed by atoms with Gasteiger partial charge in [0.2, 0.25) is 0 Å². The molecule has 0 aliphatic carbocycles. The van der Waals surface area contributed by atoms with Crippen molar-refractivity contribution in [2.24, 2.45) is 10.3 Å². The molecule has 0 spiro atoms. The summed E-state index contributed by atoms with van der Waals surface area (Å²) in [6.45, 7) is 13.8. The van der Waals surface area contributed by atoms with Crippen molar-refractivity contribution in [3.05, 3.63) is 54.1 Å². The van der Waals surface area contributed by atoms with Crippen LogP contribution in [-0.4, -0.2) is 43.3 Å². The standard InChI is InChI=1S/C23H36N6/c1-7-9-15-25-19(4)20(5)27-28-29(6)16-14-23(18(3)8-2)26-22-12-10-21(17-24)11-13-22/h7-8,10-13,19-20,23,25-26H,1,9,14-16H2,2-6H3/b18-8+,28-27-. The summed E-state index contributed by atoms with van der Waals surface area (Å²) in [5, 5.41) is 26.6. The van der Waals surface area contributed by atoms with Crippen LogP contribution in [0.5, 0.6) is 0 Å². The molecule has 3 atom stereocenters. The van der Waals surface area contributed by atoms with E-state index in [0.29, 0.717) is 5.56 Å². The van der Waals surface area contributed by atoms with Gasteiger partial charge < -0.3 is 10.6 Å². The van der Waals surface area contributed by atoms with Crippen molar-refractivity contribution in [2.45, 2.75) is 58.7 Å². The van der Waals surface area contributed by atoms with E-state index in [-0.39, 0.29) is 18.1 Å². The quantitative estimate of drug-likeness (QED) is 0.214. The van der Waals surface area contributed by atoms with E-state index < -0.39 is 0 Å². The number of anilines is 1. The molecule has 2 N–H and O–H groups in total. The number of benzene rings is 1. The molecule has 0 heterocycles. The van der Waals surface area contributed by atoms with E-state index in [1.54, 1.807) is 0 Å². The Labute approximate surface area is 176 Å². The van der Waals surface area contributed by atoms with E-state index in [1.807, 2.05) is 42.4 Å². The van der Waals surface area contributed by atoms with Crippen molar-refractivity contribution in [1.29, 1.82) is 5.26 Å². The molecular weight excluding hydrogens is 360 g/mol. The van der Waals surface area contributed by atoms with Crippen molar-refractivity contribution >= 4 is 5.69 Å². The molecule has 0 aromatic heterocycles. The zero-order valence-corrected chi connectivity index (χ0v) is 18.5. The van der Waals surface area contributed by atoms with Crippen LogP contribution in [0.4, 0.5) is 5.69 Å². The van der Waals surface area contributed by atoms with E-state index in [0.717, 1.165) is 31.6 Å². The fraction of sp³-hybridized carbons (Fsp3) is 0.522. The maximum Gasteiger partial charge on any atom is 0.0991 e. The monoisotopic (exact) mass is 396 g/mol. The predicted molar refractivity (Wildman–Crippen MR) is 122 cm³/mol. The molecule has 0 radical (unpaired) electrons. The molecule has 29 heavy (non-hydrogen) atoms. The predicted octanol–water partition coefficient (Wildman–Crippen LogP) is 4.94. The second-order valence-corrected chi connectivity index (χ2v) is 7.35. The zero-order valence-electron chi connectivity index (χ0n) is 18.5. The van der Waals surface area contributed by atoms with Gasteiger partial charge in [-0.05, 0) is 71.3 Å². The fourth-order valence-corrected chi connectivity index (χ4v) is 2.67. The first-order chi connectivity index (χ1) is 13.9. The minimum absolute atomic E-state index is 0.104. The van der Waals surface area contributed by atoms with Crippen LogP contribution in [0.2, 0.25) is 0 Å². The molecule has 0 bridgehead atoms. The van der Waals surface area contributed by atoms with Crippen molar-refractivity contribution in [1.82, 2.24) is 10.3 Å².